The minimum absolute atomic E-state index is 0.114. The monoisotopic (exact) mass is 469 g/mol. The Morgan fingerprint density at radius 1 is 0.727 bits per heavy atom. The summed E-state index contributed by atoms with van der Waals surface area (Å²) in [6, 6.07) is 4.73. The van der Waals surface area contributed by atoms with E-state index in [0.29, 0.717) is 13.1 Å². The molecule has 33 heavy (non-hydrogen) atoms. The highest BCUT2D eigenvalue weighted by Crippen LogP contribution is 2.29. The summed E-state index contributed by atoms with van der Waals surface area (Å²) in [6.45, 7) is 5.24. The van der Waals surface area contributed by atoms with Gasteiger partial charge in [-0.25, -0.2) is 0 Å². The topological polar surface area (TPSA) is 20.3 Å². The van der Waals surface area contributed by atoms with Crippen molar-refractivity contribution in [2.75, 3.05) is 13.1 Å². The molecular weight excluding hydrogens is 423 g/mol. The standard InChI is InChI=1S/C28H46F3NO/c1-3-5-6-7-8-9-10-11-12-13-14-15-16-17-18-19-23-32(4-2)27(33)25-21-20-22-26(24-25)28(29,30)31/h20-22,24H,3-19,23H2,1-2H3. The summed E-state index contributed by atoms with van der Waals surface area (Å²) in [7, 11) is 0. The van der Waals surface area contributed by atoms with Crippen molar-refractivity contribution in [1.29, 1.82) is 0 Å². The second-order valence-electron chi connectivity index (χ2n) is 9.27. The first-order valence-corrected chi connectivity index (χ1v) is 13.4. The largest absolute Gasteiger partial charge is 0.416 e. The first kappa shape index (κ1) is 29.5. The number of hydrogen-bond donors (Lipinski definition) is 0. The number of hydrogen-bond acceptors (Lipinski definition) is 1. The van der Waals surface area contributed by atoms with Crippen LogP contribution in [0, 0.1) is 0 Å². The third-order valence-electron chi connectivity index (χ3n) is 6.39. The van der Waals surface area contributed by atoms with Crippen molar-refractivity contribution < 1.29 is 18.0 Å². The first-order valence-electron chi connectivity index (χ1n) is 13.4. The van der Waals surface area contributed by atoms with E-state index in [1.54, 1.807) is 4.90 Å². The Kier molecular flexibility index (Phi) is 16.0. The SMILES string of the molecule is CCCCCCCCCCCCCCCCCCN(CC)C(=O)c1cccc(C(F)(F)F)c1. The number of carbonyl (C=O) groups excluding carboxylic acids is 1. The smallest absolute Gasteiger partial charge is 0.339 e. The maximum absolute atomic E-state index is 12.9. The normalized spacial score (nSPS) is 11.7. The average molecular weight is 470 g/mol. The van der Waals surface area contributed by atoms with Crippen molar-refractivity contribution in [2.24, 2.45) is 0 Å². The molecule has 0 bridgehead atoms. The number of carbonyl (C=O) groups is 1. The first-order chi connectivity index (χ1) is 15.9. The van der Waals surface area contributed by atoms with Crippen LogP contribution in [0.2, 0.25) is 0 Å². The summed E-state index contributed by atoms with van der Waals surface area (Å²) in [5.74, 6) is -0.315. The van der Waals surface area contributed by atoms with Crippen molar-refractivity contribution in [1.82, 2.24) is 4.90 Å². The van der Waals surface area contributed by atoms with Gasteiger partial charge in [0.25, 0.3) is 5.91 Å². The molecule has 1 rings (SSSR count). The Balaban J connectivity index is 2.06. The van der Waals surface area contributed by atoms with Gasteiger partial charge in [-0.05, 0) is 31.5 Å². The van der Waals surface area contributed by atoms with Gasteiger partial charge in [-0.2, -0.15) is 13.2 Å². The van der Waals surface area contributed by atoms with Gasteiger partial charge < -0.3 is 4.90 Å². The highest BCUT2D eigenvalue weighted by molar-refractivity contribution is 5.94. The molecule has 0 saturated heterocycles. The van der Waals surface area contributed by atoms with E-state index in [1.165, 1.54) is 95.6 Å². The number of benzene rings is 1. The molecule has 1 amide bonds. The van der Waals surface area contributed by atoms with Crippen molar-refractivity contribution in [3.8, 4) is 0 Å². The van der Waals surface area contributed by atoms with E-state index in [1.807, 2.05) is 6.92 Å². The van der Waals surface area contributed by atoms with E-state index < -0.39 is 11.7 Å². The van der Waals surface area contributed by atoms with Gasteiger partial charge in [0.1, 0.15) is 0 Å². The molecule has 0 spiro atoms. The lowest BCUT2D eigenvalue weighted by Crippen LogP contribution is -2.32. The molecule has 0 atom stereocenters. The molecular formula is C28H46F3NO. The molecule has 2 nitrogen and oxygen atoms in total. The van der Waals surface area contributed by atoms with E-state index in [0.717, 1.165) is 31.4 Å². The van der Waals surface area contributed by atoms with E-state index in [2.05, 4.69) is 6.92 Å². The molecule has 0 unspecified atom stereocenters. The Hall–Kier alpha value is -1.52. The number of unbranched alkanes of at least 4 members (excludes halogenated alkanes) is 15. The highest BCUT2D eigenvalue weighted by atomic mass is 19.4. The molecule has 190 valence electrons. The predicted octanol–water partition coefficient (Wildman–Crippen LogP) is 9.43. The van der Waals surface area contributed by atoms with Crippen LogP contribution in [-0.2, 0) is 6.18 Å². The fourth-order valence-electron chi connectivity index (χ4n) is 4.27. The van der Waals surface area contributed by atoms with Crippen LogP contribution >= 0.6 is 0 Å². The van der Waals surface area contributed by atoms with E-state index in [4.69, 9.17) is 0 Å². The maximum Gasteiger partial charge on any atom is 0.416 e. The number of alkyl halides is 3. The Morgan fingerprint density at radius 2 is 1.18 bits per heavy atom. The molecule has 0 heterocycles. The van der Waals surface area contributed by atoms with Crippen LogP contribution in [0.1, 0.15) is 133 Å². The summed E-state index contributed by atoms with van der Waals surface area (Å²) in [4.78, 5) is 14.3. The van der Waals surface area contributed by atoms with Crippen molar-refractivity contribution in [2.45, 2.75) is 123 Å². The second-order valence-corrected chi connectivity index (χ2v) is 9.27. The molecule has 0 radical (unpaired) electrons. The summed E-state index contributed by atoms with van der Waals surface area (Å²) in [6.07, 6.45) is 16.3. The Bertz CT molecular complexity index is 630. The molecule has 0 aliphatic carbocycles. The Morgan fingerprint density at radius 3 is 1.61 bits per heavy atom. The minimum Gasteiger partial charge on any atom is -0.339 e. The van der Waals surface area contributed by atoms with Crippen LogP contribution in [-0.4, -0.2) is 23.9 Å². The van der Waals surface area contributed by atoms with Gasteiger partial charge in [-0.1, -0.05) is 109 Å². The van der Waals surface area contributed by atoms with Gasteiger partial charge in [0, 0.05) is 18.7 Å². The lowest BCUT2D eigenvalue weighted by atomic mass is 10.0. The Labute approximate surface area is 200 Å². The second kappa shape index (κ2) is 17.9. The summed E-state index contributed by atoms with van der Waals surface area (Å²) < 4.78 is 38.7. The van der Waals surface area contributed by atoms with Crippen LogP contribution < -0.4 is 0 Å². The molecule has 0 aliphatic rings. The van der Waals surface area contributed by atoms with Gasteiger partial charge in [0.05, 0.1) is 5.56 Å². The molecule has 0 aliphatic heterocycles. The lowest BCUT2D eigenvalue weighted by molar-refractivity contribution is -0.137. The highest BCUT2D eigenvalue weighted by Gasteiger charge is 2.31. The summed E-state index contributed by atoms with van der Waals surface area (Å²) in [5.41, 5.74) is -0.657. The number of rotatable bonds is 19. The van der Waals surface area contributed by atoms with Crippen LogP contribution in [0.4, 0.5) is 13.2 Å². The van der Waals surface area contributed by atoms with Gasteiger partial charge in [-0.15, -0.1) is 0 Å². The fourth-order valence-corrected chi connectivity index (χ4v) is 4.27. The van der Waals surface area contributed by atoms with Gasteiger partial charge in [0.15, 0.2) is 0 Å². The average Bonchev–Trinajstić information content (AvgIpc) is 2.80. The van der Waals surface area contributed by atoms with Crippen LogP contribution in [0.25, 0.3) is 0 Å². The molecule has 1 aromatic rings. The molecule has 0 fully saturated rings. The van der Waals surface area contributed by atoms with E-state index in [-0.39, 0.29) is 11.5 Å². The number of amides is 1. The molecule has 1 aromatic carbocycles. The van der Waals surface area contributed by atoms with Crippen molar-refractivity contribution in [3.05, 3.63) is 35.4 Å². The zero-order valence-corrected chi connectivity index (χ0v) is 21.0. The molecule has 0 aromatic heterocycles. The zero-order valence-electron chi connectivity index (χ0n) is 21.0. The van der Waals surface area contributed by atoms with Gasteiger partial charge in [0.2, 0.25) is 0 Å². The minimum atomic E-state index is -4.43. The third-order valence-corrected chi connectivity index (χ3v) is 6.39. The van der Waals surface area contributed by atoms with Crippen molar-refractivity contribution in [3.63, 3.8) is 0 Å². The van der Waals surface area contributed by atoms with Crippen molar-refractivity contribution >= 4 is 5.91 Å². The van der Waals surface area contributed by atoms with E-state index in [9.17, 15) is 18.0 Å². The van der Waals surface area contributed by atoms with Crippen LogP contribution in [0.3, 0.4) is 0 Å². The van der Waals surface area contributed by atoms with Gasteiger partial charge in [-0.3, -0.25) is 4.79 Å². The third kappa shape index (κ3) is 13.7. The fraction of sp³-hybridized carbons (Fsp3) is 0.750. The summed E-state index contributed by atoms with van der Waals surface area (Å²) in [5, 5.41) is 0. The predicted molar refractivity (Wildman–Crippen MR) is 133 cm³/mol. The zero-order chi connectivity index (χ0) is 24.4. The van der Waals surface area contributed by atoms with Crippen LogP contribution in [0.15, 0.2) is 24.3 Å². The molecule has 0 N–H and O–H groups in total. The number of nitrogens with zero attached hydrogens (tertiary/aromatic N) is 1. The van der Waals surface area contributed by atoms with E-state index >= 15 is 0 Å². The lowest BCUT2D eigenvalue weighted by Gasteiger charge is -2.21. The molecule has 0 saturated carbocycles. The number of halogens is 3. The molecule has 5 heteroatoms. The maximum atomic E-state index is 12.9. The van der Waals surface area contributed by atoms with Crippen LogP contribution in [0.5, 0.6) is 0 Å². The van der Waals surface area contributed by atoms with Gasteiger partial charge >= 0.3 is 6.18 Å². The summed E-state index contributed by atoms with van der Waals surface area (Å²) >= 11 is 0. The quantitative estimate of drug-likeness (QED) is 0.185.